The molecule has 0 radical (unpaired) electrons. The predicted octanol–water partition coefficient (Wildman–Crippen LogP) is 3.56. The topological polar surface area (TPSA) is 50.2 Å². The average Bonchev–Trinajstić information content (AvgIpc) is 2.88. The van der Waals surface area contributed by atoms with Crippen LogP contribution in [0.2, 0.25) is 0 Å². The maximum absolute atomic E-state index is 12.8. The average molecular weight is 283 g/mol. The van der Waals surface area contributed by atoms with Crippen LogP contribution in [0.15, 0.2) is 29.6 Å². The summed E-state index contributed by atoms with van der Waals surface area (Å²) in [5, 5.41) is 10.8. The quantitative estimate of drug-likeness (QED) is 0.912. The van der Waals surface area contributed by atoms with E-state index < -0.39 is 23.7 Å². The first-order valence-corrected chi connectivity index (χ1v) is 6.49. The highest BCUT2D eigenvalue weighted by atomic mass is 32.1. The Morgan fingerprint density at radius 1 is 1.32 bits per heavy atom. The molecule has 2 aromatic heterocycles. The zero-order chi connectivity index (χ0) is 13.8. The van der Waals surface area contributed by atoms with Crippen molar-refractivity contribution in [3.63, 3.8) is 0 Å². The van der Waals surface area contributed by atoms with E-state index in [4.69, 9.17) is 5.11 Å². The first-order valence-electron chi connectivity index (χ1n) is 5.61. The van der Waals surface area contributed by atoms with Crippen molar-refractivity contribution in [1.29, 1.82) is 0 Å². The molecule has 0 saturated carbocycles. The molecule has 3 nitrogen and oxygen atoms in total. The monoisotopic (exact) mass is 283 g/mol. The summed E-state index contributed by atoms with van der Waals surface area (Å²) in [5.74, 6) is -1.38. The van der Waals surface area contributed by atoms with Crippen LogP contribution in [-0.2, 0) is 12.8 Å². The Bertz CT molecular complexity index is 570. The van der Waals surface area contributed by atoms with Crippen LogP contribution in [0.1, 0.15) is 33.0 Å². The fraction of sp³-hybridized carbons (Fsp3) is 0.231. The van der Waals surface area contributed by atoms with E-state index in [-0.39, 0.29) is 0 Å². The molecular weight excluding hydrogens is 272 g/mol. The number of hydrogen-bond acceptors (Lipinski definition) is 3. The lowest BCUT2D eigenvalue weighted by molar-refractivity contribution is 0.0682. The number of hydrogen-bond donors (Lipinski definition) is 1. The maximum atomic E-state index is 12.8. The molecule has 2 heterocycles. The number of carbonyl (C=O) groups is 1. The van der Waals surface area contributed by atoms with Crippen molar-refractivity contribution in [3.8, 4) is 0 Å². The van der Waals surface area contributed by atoms with Crippen molar-refractivity contribution < 1.29 is 18.7 Å². The molecule has 1 N–H and O–H groups in total. The Morgan fingerprint density at radius 2 is 2.11 bits per heavy atom. The summed E-state index contributed by atoms with van der Waals surface area (Å²) in [6.45, 7) is 0. The molecule has 0 fully saturated rings. The molecule has 0 aliphatic rings. The first-order chi connectivity index (χ1) is 9.08. The van der Waals surface area contributed by atoms with Gasteiger partial charge >= 0.3 is 5.97 Å². The highest BCUT2D eigenvalue weighted by molar-refractivity contribution is 7.09. The van der Waals surface area contributed by atoms with E-state index in [1.807, 2.05) is 17.5 Å². The maximum Gasteiger partial charge on any atom is 0.337 e. The molecule has 0 unspecified atom stereocenters. The Morgan fingerprint density at radius 3 is 2.68 bits per heavy atom. The van der Waals surface area contributed by atoms with Crippen LogP contribution in [0.4, 0.5) is 8.78 Å². The van der Waals surface area contributed by atoms with E-state index >= 15 is 0 Å². The van der Waals surface area contributed by atoms with E-state index in [0.717, 1.165) is 4.88 Å². The third-order valence-corrected chi connectivity index (χ3v) is 3.56. The largest absolute Gasteiger partial charge is 0.478 e. The van der Waals surface area contributed by atoms with Gasteiger partial charge in [0.05, 0.1) is 5.56 Å². The minimum absolute atomic E-state index is 0.435. The lowest BCUT2D eigenvalue weighted by Crippen LogP contribution is -2.07. The second-order valence-electron chi connectivity index (χ2n) is 3.92. The zero-order valence-corrected chi connectivity index (χ0v) is 10.7. The first kappa shape index (κ1) is 13.6. The van der Waals surface area contributed by atoms with Crippen molar-refractivity contribution in [2.24, 2.45) is 0 Å². The van der Waals surface area contributed by atoms with Crippen molar-refractivity contribution in [1.82, 2.24) is 4.98 Å². The van der Waals surface area contributed by atoms with Gasteiger partial charge in [-0.15, -0.1) is 11.3 Å². The summed E-state index contributed by atoms with van der Waals surface area (Å²) >= 11 is 1.59. The van der Waals surface area contributed by atoms with E-state index in [9.17, 15) is 13.6 Å². The molecular formula is C13H11F2NO2S. The van der Waals surface area contributed by atoms with Gasteiger partial charge in [-0.3, -0.25) is 4.98 Å². The molecule has 0 aliphatic carbocycles. The van der Waals surface area contributed by atoms with Gasteiger partial charge in [0, 0.05) is 10.6 Å². The van der Waals surface area contributed by atoms with Crippen molar-refractivity contribution in [2.45, 2.75) is 19.3 Å². The molecule has 0 bridgehead atoms. The van der Waals surface area contributed by atoms with E-state index in [0.29, 0.717) is 18.5 Å². The number of nitrogens with zero attached hydrogens (tertiary/aromatic N) is 1. The lowest BCUT2D eigenvalue weighted by Gasteiger charge is -2.07. The summed E-state index contributed by atoms with van der Waals surface area (Å²) in [7, 11) is 0. The van der Waals surface area contributed by atoms with Crippen LogP contribution in [0.5, 0.6) is 0 Å². The summed E-state index contributed by atoms with van der Waals surface area (Å²) in [6, 6.07) is 6.57. The number of pyridine rings is 1. The highest BCUT2D eigenvalue weighted by Gasteiger charge is 2.20. The van der Waals surface area contributed by atoms with Crippen molar-refractivity contribution >= 4 is 17.3 Å². The standard InChI is InChI=1S/C13H11F2NO2S/c14-12(15)11-10(13(17)18)6-4-8(16-11)3-5-9-2-1-7-19-9/h1-2,4,6-7,12H,3,5H2,(H,17,18). The molecule has 2 aromatic rings. The zero-order valence-electron chi connectivity index (χ0n) is 9.85. The third-order valence-electron chi connectivity index (χ3n) is 2.63. The number of carboxylic acid groups (broad SMARTS) is 1. The second kappa shape index (κ2) is 5.88. The van der Waals surface area contributed by atoms with Gasteiger partial charge in [-0.2, -0.15) is 0 Å². The number of alkyl halides is 2. The van der Waals surface area contributed by atoms with E-state index in [1.165, 1.54) is 12.1 Å². The summed E-state index contributed by atoms with van der Waals surface area (Å²) in [6.07, 6.45) is -1.66. The number of halogens is 2. The number of aromatic carboxylic acids is 1. The molecule has 0 spiro atoms. The molecule has 0 amide bonds. The molecule has 19 heavy (non-hydrogen) atoms. The molecule has 0 aliphatic heterocycles. The highest BCUT2D eigenvalue weighted by Crippen LogP contribution is 2.22. The minimum Gasteiger partial charge on any atom is -0.478 e. The molecule has 0 saturated heterocycles. The van der Waals surface area contributed by atoms with Gasteiger partial charge < -0.3 is 5.11 Å². The molecule has 6 heteroatoms. The van der Waals surface area contributed by atoms with Crippen LogP contribution in [0, 0.1) is 0 Å². The van der Waals surface area contributed by atoms with Gasteiger partial charge in [-0.05, 0) is 36.4 Å². The van der Waals surface area contributed by atoms with E-state index in [2.05, 4.69) is 4.98 Å². The van der Waals surface area contributed by atoms with Gasteiger partial charge in [0.25, 0.3) is 6.43 Å². The van der Waals surface area contributed by atoms with Crippen LogP contribution in [0.25, 0.3) is 0 Å². The second-order valence-corrected chi connectivity index (χ2v) is 4.95. The Hall–Kier alpha value is -1.82. The smallest absolute Gasteiger partial charge is 0.337 e. The number of aryl methyl sites for hydroxylation is 2. The fourth-order valence-corrected chi connectivity index (χ4v) is 2.42. The number of aromatic nitrogens is 1. The predicted molar refractivity (Wildman–Crippen MR) is 67.9 cm³/mol. The van der Waals surface area contributed by atoms with Gasteiger partial charge in [-0.25, -0.2) is 13.6 Å². The van der Waals surface area contributed by atoms with Gasteiger partial charge in [0.1, 0.15) is 5.69 Å². The Balaban J connectivity index is 2.18. The molecule has 0 aromatic carbocycles. The van der Waals surface area contributed by atoms with Crippen LogP contribution >= 0.6 is 11.3 Å². The number of thiophene rings is 1. The van der Waals surface area contributed by atoms with E-state index in [1.54, 1.807) is 11.3 Å². The number of rotatable bonds is 5. The van der Waals surface area contributed by atoms with Crippen LogP contribution in [0.3, 0.4) is 0 Å². The Kier molecular flexibility index (Phi) is 4.21. The summed E-state index contributed by atoms with van der Waals surface area (Å²) in [5.41, 5.74) is -0.611. The van der Waals surface area contributed by atoms with Crippen molar-refractivity contribution in [3.05, 3.63) is 51.5 Å². The summed E-state index contributed by atoms with van der Waals surface area (Å²) in [4.78, 5) is 15.7. The SMILES string of the molecule is O=C(O)c1ccc(CCc2cccs2)nc1C(F)F. The molecule has 0 atom stereocenters. The normalized spacial score (nSPS) is 10.9. The van der Waals surface area contributed by atoms with Gasteiger partial charge in [0.2, 0.25) is 0 Å². The van der Waals surface area contributed by atoms with Crippen LogP contribution in [-0.4, -0.2) is 16.1 Å². The Labute approximate surface area is 112 Å². The lowest BCUT2D eigenvalue weighted by atomic mass is 10.1. The van der Waals surface area contributed by atoms with Gasteiger partial charge in [0.15, 0.2) is 0 Å². The minimum atomic E-state index is -2.88. The van der Waals surface area contributed by atoms with Crippen LogP contribution < -0.4 is 0 Å². The fourth-order valence-electron chi connectivity index (χ4n) is 1.71. The van der Waals surface area contributed by atoms with Crippen molar-refractivity contribution in [2.75, 3.05) is 0 Å². The van der Waals surface area contributed by atoms with Gasteiger partial charge in [-0.1, -0.05) is 6.07 Å². The third kappa shape index (κ3) is 3.35. The molecule has 100 valence electrons. The number of carboxylic acids is 1. The molecule has 2 rings (SSSR count). The summed E-state index contributed by atoms with van der Waals surface area (Å²) < 4.78 is 25.5.